The van der Waals surface area contributed by atoms with E-state index in [1.807, 2.05) is 0 Å². The minimum Gasteiger partial charge on any atom is -0.317 e. The Labute approximate surface area is 86.3 Å². The zero-order valence-corrected chi connectivity index (χ0v) is 8.19. The molecule has 0 bridgehead atoms. The molecule has 1 aliphatic rings. The van der Waals surface area contributed by atoms with Crippen LogP contribution in [0, 0.1) is 17.5 Å². The molecule has 1 aromatic rings. The Hall–Kier alpha value is -1.03. The van der Waals surface area contributed by atoms with Crippen molar-refractivity contribution in [1.82, 2.24) is 5.32 Å². The molecule has 4 heteroatoms. The molecule has 1 saturated heterocycles. The molecule has 1 aromatic carbocycles. The molecule has 0 saturated carbocycles. The van der Waals surface area contributed by atoms with Gasteiger partial charge in [-0.05, 0) is 49.5 Å². The lowest BCUT2D eigenvalue weighted by Crippen LogP contribution is -2.26. The average Bonchev–Trinajstić information content (AvgIpc) is 2.26. The van der Waals surface area contributed by atoms with Crippen molar-refractivity contribution in [3.63, 3.8) is 0 Å². The van der Waals surface area contributed by atoms with Gasteiger partial charge >= 0.3 is 0 Å². The molecule has 1 aliphatic heterocycles. The van der Waals surface area contributed by atoms with E-state index in [4.69, 9.17) is 0 Å². The van der Waals surface area contributed by atoms with Crippen molar-refractivity contribution in [2.75, 3.05) is 13.1 Å². The average molecular weight is 215 g/mol. The van der Waals surface area contributed by atoms with Crippen LogP contribution in [0.15, 0.2) is 12.1 Å². The smallest absolute Gasteiger partial charge is 0.194 e. The topological polar surface area (TPSA) is 12.0 Å². The number of benzene rings is 1. The van der Waals surface area contributed by atoms with Gasteiger partial charge in [0.05, 0.1) is 0 Å². The van der Waals surface area contributed by atoms with Crippen molar-refractivity contribution in [1.29, 1.82) is 0 Å². The number of halogens is 3. The van der Waals surface area contributed by atoms with E-state index in [2.05, 4.69) is 5.32 Å². The minimum atomic E-state index is -1.38. The van der Waals surface area contributed by atoms with Crippen LogP contribution in [0.2, 0.25) is 0 Å². The third kappa shape index (κ3) is 2.15. The molecule has 0 unspecified atom stereocenters. The second-order valence-electron chi connectivity index (χ2n) is 3.82. The van der Waals surface area contributed by atoms with E-state index in [-0.39, 0.29) is 5.92 Å². The van der Waals surface area contributed by atoms with Gasteiger partial charge in [-0.2, -0.15) is 0 Å². The first-order valence-corrected chi connectivity index (χ1v) is 5.03. The zero-order valence-electron chi connectivity index (χ0n) is 8.19. The Morgan fingerprint density at radius 1 is 1.00 bits per heavy atom. The first-order valence-electron chi connectivity index (χ1n) is 5.03. The summed E-state index contributed by atoms with van der Waals surface area (Å²) in [6, 6.07) is 2.21. The molecule has 1 heterocycles. The van der Waals surface area contributed by atoms with Crippen molar-refractivity contribution in [3.8, 4) is 0 Å². The van der Waals surface area contributed by atoms with Crippen molar-refractivity contribution in [3.05, 3.63) is 35.1 Å². The highest BCUT2D eigenvalue weighted by atomic mass is 19.2. The Morgan fingerprint density at radius 2 is 1.53 bits per heavy atom. The third-order valence-electron chi connectivity index (χ3n) is 2.82. The minimum absolute atomic E-state index is 0.135. The molecular weight excluding hydrogens is 203 g/mol. The van der Waals surface area contributed by atoms with Crippen LogP contribution in [-0.4, -0.2) is 13.1 Å². The van der Waals surface area contributed by atoms with Gasteiger partial charge in [0.2, 0.25) is 0 Å². The van der Waals surface area contributed by atoms with E-state index >= 15 is 0 Å². The standard InChI is InChI=1S/C11H12F3N/c12-9-5-8(6-10(13)11(9)14)7-1-3-15-4-2-7/h5-7,15H,1-4H2. The summed E-state index contributed by atoms with van der Waals surface area (Å²) in [5, 5.41) is 3.16. The zero-order chi connectivity index (χ0) is 10.8. The largest absolute Gasteiger partial charge is 0.317 e. The maximum absolute atomic E-state index is 13.0. The molecule has 0 aliphatic carbocycles. The maximum atomic E-state index is 13.0. The van der Waals surface area contributed by atoms with Gasteiger partial charge in [0, 0.05) is 0 Å². The van der Waals surface area contributed by atoms with Crippen LogP contribution in [0.25, 0.3) is 0 Å². The highest BCUT2D eigenvalue weighted by Crippen LogP contribution is 2.27. The summed E-state index contributed by atoms with van der Waals surface area (Å²) in [6.07, 6.45) is 1.68. The lowest BCUT2D eigenvalue weighted by Gasteiger charge is -2.23. The fraction of sp³-hybridized carbons (Fsp3) is 0.455. The lowest BCUT2D eigenvalue weighted by molar-refractivity contribution is 0.429. The van der Waals surface area contributed by atoms with E-state index < -0.39 is 17.5 Å². The van der Waals surface area contributed by atoms with E-state index in [0.717, 1.165) is 38.1 Å². The monoisotopic (exact) mass is 215 g/mol. The second-order valence-corrected chi connectivity index (χ2v) is 3.82. The number of piperidine rings is 1. The highest BCUT2D eigenvalue weighted by molar-refractivity contribution is 5.23. The van der Waals surface area contributed by atoms with Crippen LogP contribution in [-0.2, 0) is 0 Å². The van der Waals surface area contributed by atoms with Crippen molar-refractivity contribution < 1.29 is 13.2 Å². The number of hydrogen-bond acceptors (Lipinski definition) is 1. The van der Waals surface area contributed by atoms with Gasteiger partial charge in [-0.25, -0.2) is 13.2 Å². The first kappa shape index (κ1) is 10.5. The molecule has 15 heavy (non-hydrogen) atoms. The van der Waals surface area contributed by atoms with E-state index in [0.29, 0.717) is 5.56 Å². The molecule has 2 rings (SSSR count). The molecule has 1 N–H and O–H groups in total. The summed E-state index contributed by atoms with van der Waals surface area (Å²) in [5.41, 5.74) is 0.563. The number of nitrogens with one attached hydrogen (secondary N) is 1. The Bertz CT molecular complexity index is 336. The summed E-state index contributed by atoms with van der Waals surface area (Å²) >= 11 is 0. The molecule has 0 aromatic heterocycles. The Balaban J connectivity index is 2.27. The van der Waals surface area contributed by atoms with Crippen LogP contribution >= 0.6 is 0 Å². The van der Waals surface area contributed by atoms with Crippen LogP contribution in [0.5, 0.6) is 0 Å². The first-order chi connectivity index (χ1) is 7.18. The van der Waals surface area contributed by atoms with Gasteiger partial charge in [0.25, 0.3) is 0 Å². The fourth-order valence-electron chi connectivity index (χ4n) is 1.97. The van der Waals surface area contributed by atoms with Gasteiger partial charge in [0.1, 0.15) is 0 Å². The molecule has 82 valence electrons. The molecule has 1 fully saturated rings. The fourth-order valence-corrected chi connectivity index (χ4v) is 1.97. The normalized spacial score (nSPS) is 18.1. The van der Waals surface area contributed by atoms with Crippen LogP contribution < -0.4 is 5.32 Å². The van der Waals surface area contributed by atoms with Gasteiger partial charge in [-0.3, -0.25) is 0 Å². The molecular formula is C11H12F3N. The van der Waals surface area contributed by atoms with Gasteiger partial charge in [0.15, 0.2) is 17.5 Å². The van der Waals surface area contributed by atoms with Gasteiger partial charge < -0.3 is 5.32 Å². The summed E-state index contributed by atoms with van der Waals surface area (Å²) < 4.78 is 38.6. The van der Waals surface area contributed by atoms with Gasteiger partial charge in [-0.15, -0.1) is 0 Å². The van der Waals surface area contributed by atoms with E-state index in [1.165, 1.54) is 0 Å². The van der Waals surface area contributed by atoms with Crippen molar-refractivity contribution in [2.45, 2.75) is 18.8 Å². The predicted molar refractivity (Wildman–Crippen MR) is 51.2 cm³/mol. The van der Waals surface area contributed by atoms with Crippen LogP contribution in [0.4, 0.5) is 13.2 Å². The Kier molecular flexibility index (Phi) is 2.95. The predicted octanol–water partition coefficient (Wildman–Crippen LogP) is 2.57. The quantitative estimate of drug-likeness (QED) is 0.710. The van der Waals surface area contributed by atoms with E-state index in [1.54, 1.807) is 0 Å². The van der Waals surface area contributed by atoms with Crippen LogP contribution in [0.1, 0.15) is 24.3 Å². The number of rotatable bonds is 1. The molecule has 0 radical (unpaired) electrons. The third-order valence-corrected chi connectivity index (χ3v) is 2.82. The highest BCUT2D eigenvalue weighted by Gasteiger charge is 2.19. The molecule has 0 spiro atoms. The van der Waals surface area contributed by atoms with E-state index in [9.17, 15) is 13.2 Å². The summed E-state index contributed by atoms with van der Waals surface area (Å²) in [5.74, 6) is -3.43. The van der Waals surface area contributed by atoms with Crippen molar-refractivity contribution in [2.24, 2.45) is 0 Å². The van der Waals surface area contributed by atoms with Crippen LogP contribution in [0.3, 0.4) is 0 Å². The molecule has 0 atom stereocenters. The summed E-state index contributed by atoms with van der Waals surface area (Å²) in [4.78, 5) is 0. The Morgan fingerprint density at radius 3 is 2.07 bits per heavy atom. The molecule has 0 amide bonds. The van der Waals surface area contributed by atoms with Crippen molar-refractivity contribution >= 4 is 0 Å². The van der Waals surface area contributed by atoms with Gasteiger partial charge in [-0.1, -0.05) is 0 Å². The summed E-state index contributed by atoms with van der Waals surface area (Å²) in [6.45, 7) is 1.68. The lowest BCUT2D eigenvalue weighted by atomic mass is 9.90. The second kappa shape index (κ2) is 4.23. The maximum Gasteiger partial charge on any atom is 0.194 e. The summed E-state index contributed by atoms with van der Waals surface area (Å²) in [7, 11) is 0. The molecule has 1 nitrogen and oxygen atoms in total. The number of hydrogen-bond donors (Lipinski definition) is 1. The SMILES string of the molecule is Fc1cc(C2CCNCC2)cc(F)c1F.